The van der Waals surface area contributed by atoms with Gasteiger partial charge in [-0.05, 0) is 61.9 Å². The Balaban J connectivity index is 1.46. The van der Waals surface area contributed by atoms with Crippen LogP contribution in [0.25, 0.3) is 22.4 Å². The molecular formula is C23H20N4O3. The predicted octanol–water partition coefficient (Wildman–Crippen LogP) is 4.12. The average Bonchev–Trinajstić information content (AvgIpc) is 3.17. The summed E-state index contributed by atoms with van der Waals surface area (Å²) in [5.74, 6) is -0.314. The number of amides is 1. The van der Waals surface area contributed by atoms with E-state index in [4.69, 9.17) is 4.74 Å². The number of benzene rings is 2. The SMILES string of the molecule is Cc1cccc(NC(=O)C(C)OC(=O)c2ccc3nc(-c4cccnc4)[nH]c3c2)c1. The van der Waals surface area contributed by atoms with Gasteiger partial charge in [0.25, 0.3) is 5.91 Å². The second-order valence-corrected chi connectivity index (χ2v) is 6.97. The van der Waals surface area contributed by atoms with E-state index in [9.17, 15) is 9.59 Å². The molecule has 2 aromatic carbocycles. The number of hydrogen-bond donors (Lipinski definition) is 2. The number of nitrogens with zero attached hydrogens (tertiary/aromatic N) is 2. The Morgan fingerprint density at radius 3 is 2.73 bits per heavy atom. The van der Waals surface area contributed by atoms with Crippen LogP contribution in [-0.2, 0) is 9.53 Å². The van der Waals surface area contributed by atoms with Crippen molar-refractivity contribution < 1.29 is 14.3 Å². The molecule has 30 heavy (non-hydrogen) atoms. The van der Waals surface area contributed by atoms with Crippen molar-refractivity contribution in [1.29, 1.82) is 0 Å². The molecule has 1 atom stereocenters. The zero-order chi connectivity index (χ0) is 21.1. The number of carbonyl (C=O) groups excluding carboxylic acids is 2. The molecular weight excluding hydrogens is 380 g/mol. The third-order valence-corrected chi connectivity index (χ3v) is 4.59. The molecule has 2 N–H and O–H groups in total. The van der Waals surface area contributed by atoms with Crippen LogP contribution in [-0.4, -0.2) is 32.9 Å². The summed E-state index contributed by atoms with van der Waals surface area (Å²) in [7, 11) is 0. The smallest absolute Gasteiger partial charge is 0.338 e. The van der Waals surface area contributed by atoms with Gasteiger partial charge < -0.3 is 15.0 Å². The van der Waals surface area contributed by atoms with Crippen molar-refractivity contribution in [1.82, 2.24) is 15.0 Å². The molecule has 4 aromatic rings. The topological polar surface area (TPSA) is 97.0 Å². The highest BCUT2D eigenvalue weighted by Crippen LogP contribution is 2.21. The van der Waals surface area contributed by atoms with Gasteiger partial charge in [-0.1, -0.05) is 12.1 Å². The van der Waals surface area contributed by atoms with Crippen LogP contribution in [0.4, 0.5) is 5.69 Å². The monoisotopic (exact) mass is 400 g/mol. The Kier molecular flexibility index (Phi) is 5.26. The van der Waals surface area contributed by atoms with Crippen LogP contribution in [0.15, 0.2) is 67.0 Å². The fourth-order valence-electron chi connectivity index (χ4n) is 3.02. The lowest BCUT2D eigenvalue weighted by Gasteiger charge is -2.14. The minimum Gasteiger partial charge on any atom is -0.449 e. The maximum absolute atomic E-state index is 12.5. The highest BCUT2D eigenvalue weighted by molar-refractivity contribution is 5.98. The number of carbonyl (C=O) groups is 2. The van der Waals surface area contributed by atoms with Crippen molar-refractivity contribution in [3.63, 3.8) is 0 Å². The zero-order valence-electron chi connectivity index (χ0n) is 16.5. The molecule has 2 heterocycles. The van der Waals surface area contributed by atoms with E-state index < -0.39 is 18.0 Å². The van der Waals surface area contributed by atoms with Gasteiger partial charge in [0.05, 0.1) is 16.6 Å². The summed E-state index contributed by atoms with van der Waals surface area (Å²) in [6.45, 7) is 3.47. The number of aryl methyl sites for hydroxylation is 1. The molecule has 0 aliphatic rings. The summed E-state index contributed by atoms with van der Waals surface area (Å²) in [6, 6.07) is 16.2. The van der Waals surface area contributed by atoms with Crippen LogP contribution >= 0.6 is 0 Å². The Labute approximate surface area is 173 Å². The quantitative estimate of drug-likeness (QED) is 0.491. The third-order valence-electron chi connectivity index (χ3n) is 4.59. The van der Waals surface area contributed by atoms with E-state index in [1.807, 2.05) is 37.3 Å². The number of aromatic nitrogens is 3. The van der Waals surface area contributed by atoms with Crippen molar-refractivity contribution in [2.24, 2.45) is 0 Å². The molecule has 0 fully saturated rings. The molecule has 0 aliphatic heterocycles. The maximum atomic E-state index is 12.5. The lowest BCUT2D eigenvalue weighted by Crippen LogP contribution is -2.30. The van der Waals surface area contributed by atoms with Gasteiger partial charge in [-0.3, -0.25) is 9.78 Å². The average molecular weight is 400 g/mol. The number of hydrogen-bond acceptors (Lipinski definition) is 5. The third kappa shape index (κ3) is 4.20. The molecule has 1 unspecified atom stereocenters. The standard InChI is InChI=1S/C23H20N4O3/c1-14-5-3-7-18(11-14)25-22(28)15(2)30-23(29)16-8-9-19-20(12-16)27-21(26-19)17-6-4-10-24-13-17/h3-13,15H,1-2H3,(H,25,28)(H,26,27). The number of pyridine rings is 1. The molecule has 0 spiro atoms. The molecule has 7 nitrogen and oxygen atoms in total. The Bertz CT molecular complexity index is 1220. The second kappa shape index (κ2) is 8.16. The number of anilines is 1. The number of ether oxygens (including phenoxy) is 1. The van der Waals surface area contributed by atoms with Crippen LogP contribution in [0.3, 0.4) is 0 Å². The number of fused-ring (bicyclic) bond motifs is 1. The summed E-state index contributed by atoms with van der Waals surface area (Å²) in [6.07, 6.45) is 2.46. The van der Waals surface area contributed by atoms with Crippen molar-refractivity contribution >= 4 is 28.6 Å². The van der Waals surface area contributed by atoms with E-state index in [1.54, 1.807) is 36.7 Å². The molecule has 0 bridgehead atoms. The Hall–Kier alpha value is -4.00. The molecule has 4 rings (SSSR count). The highest BCUT2D eigenvalue weighted by atomic mass is 16.5. The van der Waals surface area contributed by atoms with E-state index in [1.165, 1.54) is 6.92 Å². The first-order valence-electron chi connectivity index (χ1n) is 9.48. The highest BCUT2D eigenvalue weighted by Gasteiger charge is 2.20. The number of rotatable bonds is 5. The van der Waals surface area contributed by atoms with Crippen LogP contribution in [0.2, 0.25) is 0 Å². The van der Waals surface area contributed by atoms with E-state index in [0.717, 1.165) is 16.6 Å². The normalized spacial score (nSPS) is 11.8. The fourth-order valence-corrected chi connectivity index (χ4v) is 3.02. The molecule has 1 amide bonds. The predicted molar refractivity (Wildman–Crippen MR) is 114 cm³/mol. The first-order valence-corrected chi connectivity index (χ1v) is 9.48. The van der Waals surface area contributed by atoms with Crippen molar-refractivity contribution in [2.75, 3.05) is 5.32 Å². The van der Waals surface area contributed by atoms with E-state index in [0.29, 0.717) is 22.6 Å². The van der Waals surface area contributed by atoms with Crippen molar-refractivity contribution in [3.8, 4) is 11.4 Å². The first-order chi connectivity index (χ1) is 14.5. The van der Waals surface area contributed by atoms with Gasteiger partial charge in [0.15, 0.2) is 6.10 Å². The zero-order valence-corrected chi connectivity index (χ0v) is 16.5. The second-order valence-electron chi connectivity index (χ2n) is 6.97. The van der Waals surface area contributed by atoms with Crippen LogP contribution < -0.4 is 5.32 Å². The van der Waals surface area contributed by atoms with E-state index in [-0.39, 0.29) is 0 Å². The van der Waals surface area contributed by atoms with Gasteiger partial charge in [-0.25, -0.2) is 9.78 Å². The van der Waals surface area contributed by atoms with Gasteiger partial charge in [-0.15, -0.1) is 0 Å². The summed E-state index contributed by atoms with van der Waals surface area (Å²) in [5, 5.41) is 2.75. The van der Waals surface area contributed by atoms with Crippen LogP contribution in [0.1, 0.15) is 22.8 Å². The number of H-pyrrole nitrogens is 1. The number of imidazole rings is 1. The number of nitrogens with one attached hydrogen (secondary N) is 2. The lowest BCUT2D eigenvalue weighted by molar-refractivity contribution is -0.123. The summed E-state index contributed by atoms with van der Waals surface area (Å²) >= 11 is 0. The van der Waals surface area contributed by atoms with Crippen LogP contribution in [0, 0.1) is 6.92 Å². The molecule has 0 radical (unpaired) electrons. The summed E-state index contributed by atoms with van der Waals surface area (Å²) in [4.78, 5) is 36.7. The number of esters is 1. The lowest BCUT2D eigenvalue weighted by atomic mass is 10.2. The van der Waals surface area contributed by atoms with Crippen LogP contribution in [0.5, 0.6) is 0 Å². The molecule has 0 saturated carbocycles. The Morgan fingerprint density at radius 2 is 1.97 bits per heavy atom. The largest absolute Gasteiger partial charge is 0.449 e. The van der Waals surface area contributed by atoms with Crippen molar-refractivity contribution in [2.45, 2.75) is 20.0 Å². The molecule has 7 heteroatoms. The molecule has 0 saturated heterocycles. The fraction of sp³-hybridized carbons (Fsp3) is 0.130. The van der Waals surface area contributed by atoms with Gasteiger partial charge in [0.2, 0.25) is 0 Å². The Morgan fingerprint density at radius 1 is 1.10 bits per heavy atom. The van der Waals surface area contributed by atoms with Gasteiger partial charge >= 0.3 is 5.97 Å². The first kappa shape index (κ1) is 19.3. The van der Waals surface area contributed by atoms with Crippen molar-refractivity contribution in [3.05, 3.63) is 78.1 Å². The maximum Gasteiger partial charge on any atom is 0.338 e. The molecule has 150 valence electrons. The summed E-state index contributed by atoms with van der Waals surface area (Å²) < 4.78 is 5.35. The minimum atomic E-state index is -0.943. The van der Waals surface area contributed by atoms with E-state index in [2.05, 4.69) is 20.3 Å². The minimum absolute atomic E-state index is 0.332. The summed E-state index contributed by atoms with van der Waals surface area (Å²) in [5.41, 5.74) is 4.27. The van der Waals surface area contributed by atoms with Gasteiger partial charge in [-0.2, -0.15) is 0 Å². The molecule has 2 aromatic heterocycles. The van der Waals surface area contributed by atoms with E-state index >= 15 is 0 Å². The number of aromatic amines is 1. The molecule has 0 aliphatic carbocycles. The van der Waals surface area contributed by atoms with Gasteiger partial charge in [0, 0.05) is 23.6 Å². The van der Waals surface area contributed by atoms with Gasteiger partial charge in [0.1, 0.15) is 5.82 Å².